The van der Waals surface area contributed by atoms with Crippen LogP contribution in [0.25, 0.3) is 0 Å². The summed E-state index contributed by atoms with van der Waals surface area (Å²) in [4.78, 5) is 12.8. The Kier molecular flexibility index (Phi) is 4.86. The zero-order chi connectivity index (χ0) is 13.7. The monoisotopic (exact) mass is 343 g/mol. The van der Waals surface area contributed by atoms with Crippen LogP contribution in [-0.2, 0) is 17.8 Å². The molecule has 0 aliphatic heterocycles. The first-order chi connectivity index (χ1) is 9.15. The molecule has 0 aliphatic carbocycles. The van der Waals surface area contributed by atoms with Crippen molar-refractivity contribution in [2.75, 3.05) is 6.54 Å². The van der Waals surface area contributed by atoms with Crippen LogP contribution in [0.15, 0.2) is 29.0 Å². The SMILES string of the molecule is O=C(Cn1ncnn1)NCCc1ccc(Br)cc1Cl. The second-order valence-corrected chi connectivity index (χ2v) is 5.12. The predicted molar refractivity (Wildman–Crippen MR) is 73.7 cm³/mol. The molecule has 0 radical (unpaired) electrons. The van der Waals surface area contributed by atoms with Gasteiger partial charge in [0.2, 0.25) is 5.91 Å². The van der Waals surface area contributed by atoms with Crippen LogP contribution in [0.3, 0.4) is 0 Å². The lowest BCUT2D eigenvalue weighted by Gasteiger charge is -2.06. The molecule has 1 N–H and O–H groups in total. The van der Waals surface area contributed by atoms with E-state index in [0.29, 0.717) is 18.0 Å². The molecule has 2 aromatic rings. The molecular formula is C11H11BrClN5O. The van der Waals surface area contributed by atoms with E-state index in [0.717, 1.165) is 10.0 Å². The van der Waals surface area contributed by atoms with E-state index in [2.05, 4.69) is 36.7 Å². The summed E-state index contributed by atoms with van der Waals surface area (Å²) in [7, 11) is 0. The maximum Gasteiger partial charge on any atom is 0.243 e. The van der Waals surface area contributed by atoms with E-state index >= 15 is 0 Å². The maximum atomic E-state index is 11.6. The Morgan fingerprint density at radius 1 is 1.47 bits per heavy atom. The summed E-state index contributed by atoms with van der Waals surface area (Å²) >= 11 is 9.43. The molecule has 8 heteroatoms. The molecule has 0 saturated heterocycles. The van der Waals surface area contributed by atoms with Gasteiger partial charge in [-0.3, -0.25) is 4.79 Å². The topological polar surface area (TPSA) is 72.7 Å². The highest BCUT2D eigenvalue weighted by Gasteiger charge is 2.05. The van der Waals surface area contributed by atoms with Crippen molar-refractivity contribution in [1.82, 2.24) is 25.5 Å². The highest BCUT2D eigenvalue weighted by molar-refractivity contribution is 9.10. The summed E-state index contributed by atoms with van der Waals surface area (Å²) in [5.41, 5.74) is 0.990. The Hall–Kier alpha value is -1.47. The lowest BCUT2D eigenvalue weighted by atomic mass is 10.1. The second-order valence-electron chi connectivity index (χ2n) is 3.80. The molecule has 0 aliphatic rings. The largest absolute Gasteiger partial charge is 0.354 e. The number of nitrogens with one attached hydrogen (secondary N) is 1. The average molecular weight is 345 g/mol. The van der Waals surface area contributed by atoms with Crippen LogP contribution in [0.1, 0.15) is 5.56 Å². The van der Waals surface area contributed by atoms with Gasteiger partial charge in [-0.1, -0.05) is 33.6 Å². The van der Waals surface area contributed by atoms with Crippen LogP contribution in [0.5, 0.6) is 0 Å². The number of benzene rings is 1. The first-order valence-electron chi connectivity index (χ1n) is 5.56. The fourth-order valence-electron chi connectivity index (χ4n) is 1.51. The molecule has 0 unspecified atom stereocenters. The first-order valence-corrected chi connectivity index (χ1v) is 6.73. The smallest absolute Gasteiger partial charge is 0.243 e. The van der Waals surface area contributed by atoms with Crippen LogP contribution >= 0.6 is 27.5 Å². The lowest BCUT2D eigenvalue weighted by molar-refractivity contribution is -0.122. The minimum atomic E-state index is -0.161. The van der Waals surface area contributed by atoms with Crippen LogP contribution < -0.4 is 5.32 Å². The second kappa shape index (κ2) is 6.63. The number of nitrogens with zero attached hydrogens (tertiary/aromatic N) is 4. The van der Waals surface area contributed by atoms with Crippen molar-refractivity contribution in [1.29, 1.82) is 0 Å². The fourth-order valence-corrected chi connectivity index (χ4v) is 2.27. The Morgan fingerprint density at radius 2 is 2.32 bits per heavy atom. The van der Waals surface area contributed by atoms with E-state index in [1.807, 2.05) is 18.2 Å². The molecule has 1 heterocycles. The Morgan fingerprint density at radius 3 is 3.00 bits per heavy atom. The van der Waals surface area contributed by atoms with Gasteiger partial charge in [0, 0.05) is 16.0 Å². The molecule has 6 nitrogen and oxygen atoms in total. The summed E-state index contributed by atoms with van der Waals surface area (Å²) in [6.07, 6.45) is 1.96. The molecule has 1 aromatic heterocycles. The van der Waals surface area contributed by atoms with E-state index in [1.54, 1.807) is 0 Å². The van der Waals surface area contributed by atoms with Gasteiger partial charge >= 0.3 is 0 Å². The number of carbonyl (C=O) groups is 1. The molecule has 0 fully saturated rings. The van der Waals surface area contributed by atoms with E-state index in [1.165, 1.54) is 11.1 Å². The van der Waals surface area contributed by atoms with Crippen molar-refractivity contribution in [2.24, 2.45) is 0 Å². The van der Waals surface area contributed by atoms with Gasteiger partial charge in [-0.2, -0.15) is 4.80 Å². The first kappa shape index (κ1) is 14.0. The standard InChI is InChI=1S/C11H11BrClN5O/c12-9-2-1-8(10(13)5-9)3-4-14-11(19)6-18-16-7-15-17-18/h1-2,5,7H,3-4,6H2,(H,14,19). The molecule has 1 amide bonds. The summed E-state index contributed by atoms with van der Waals surface area (Å²) in [6.45, 7) is 0.572. The third-order valence-electron chi connectivity index (χ3n) is 2.41. The summed E-state index contributed by atoms with van der Waals surface area (Å²) in [5, 5.41) is 14.3. The highest BCUT2D eigenvalue weighted by Crippen LogP contribution is 2.21. The number of amides is 1. The normalized spacial score (nSPS) is 10.4. The molecule has 1 aromatic carbocycles. The summed E-state index contributed by atoms with van der Waals surface area (Å²) in [5.74, 6) is -0.161. The molecule has 2 rings (SSSR count). The summed E-state index contributed by atoms with van der Waals surface area (Å²) < 4.78 is 0.933. The van der Waals surface area contributed by atoms with Crippen molar-refractivity contribution >= 4 is 33.4 Å². The molecule has 0 atom stereocenters. The number of hydrogen-bond donors (Lipinski definition) is 1. The van der Waals surface area contributed by atoms with E-state index in [4.69, 9.17) is 11.6 Å². The Balaban J connectivity index is 1.78. The molecule has 100 valence electrons. The van der Waals surface area contributed by atoms with Crippen molar-refractivity contribution in [3.63, 3.8) is 0 Å². The minimum absolute atomic E-state index is 0.0636. The van der Waals surface area contributed by atoms with Crippen molar-refractivity contribution < 1.29 is 4.79 Å². The van der Waals surface area contributed by atoms with Crippen LogP contribution in [-0.4, -0.2) is 32.7 Å². The zero-order valence-electron chi connectivity index (χ0n) is 9.88. The molecule has 0 spiro atoms. The van der Waals surface area contributed by atoms with Crippen molar-refractivity contribution in [2.45, 2.75) is 13.0 Å². The number of rotatable bonds is 5. The molecule has 0 bridgehead atoms. The van der Waals surface area contributed by atoms with Gasteiger partial charge in [0.1, 0.15) is 6.54 Å². The van der Waals surface area contributed by atoms with Gasteiger partial charge in [-0.05, 0) is 29.3 Å². The van der Waals surface area contributed by atoms with Gasteiger partial charge < -0.3 is 5.32 Å². The molecule has 19 heavy (non-hydrogen) atoms. The van der Waals surface area contributed by atoms with Gasteiger partial charge in [-0.15, -0.1) is 10.2 Å². The molecular weight excluding hydrogens is 334 g/mol. The number of tetrazole rings is 1. The Bertz CT molecular complexity index is 560. The predicted octanol–water partition coefficient (Wildman–Crippen LogP) is 1.45. The van der Waals surface area contributed by atoms with Crippen LogP contribution in [0, 0.1) is 0 Å². The van der Waals surface area contributed by atoms with Gasteiger partial charge in [0.25, 0.3) is 0 Å². The van der Waals surface area contributed by atoms with Crippen molar-refractivity contribution in [3.8, 4) is 0 Å². The van der Waals surface area contributed by atoms with Gasteiger partial charge in [-0.25, -0.2) is 0 Å². The third kappa shape index (κ3) is 4.29. The zero-order valence-corrected chi connectivity index (χ0v) is 12.2. The average Bonchev–Trinajstić information content (AvgIpc) is 2.84. The van der Waals surface area contributed by atoms with Crippen LogP contribution in [0.4, 0.5) is 0 Å². The number of aromatic nitrogens is 4. The van der Waals surface area contributed by atoms with E-state index < -0.39 is 0 Å². The van der Waals surface area contributed by atoms with Crippen LogP contribution in [0.2, 0.25) is 5.02 Å². The highest BCUT2D eigenvalue weighted by atomic mass is 79.9. The van der Waals surface area contributed by atoms with Gasteiger partial charge in [0.05, 0.1) is 0 Å². The minimum Gasteiger partial charge on any atom is -0.354 e. The van der Waals surface area contributed by atoms with E-state index in [-0.39, 0.29) is 12.5 Å². The molecule has 0 saturated carbocycles. The number of halogens is 2. The van der Waals surface area contributed by atoms with E-state index in [9.17, 15) is 4.79 Å². The lowest BCUT2D eigenvalue weighted by Crippen LogP contribution is -2.30. The fraction of sp³-hybridized carbons (Fsp3) is 0.273. The summed E-state index contributed by atoms with van der Waals surface area (Å²) in [6, 6.07) is 5.68. The quantitative estimate of drug-likeness (QED) is 0.891. The van der Waals surface area contributed by atoms with Crippen molar-refractivity contribution in [3.05, 3.63) is 39.6 Å². The third-order valence-corrected chi connectivity index (χ3v) is 3.25. The number of carbonyl (C=O) groups excluding carboxylic acids is 1. The Labute approximate surface area is 123 Å². The number of hydrogen-bond acceptors (Lipinski definition) is 4. The maximum absolute atomic E-state index is 11.6. The van der Waals surface area contributed by atoms with Gasteiger partial charge in [0.15, 0.2) is 6.33 Å².